The second-order valence-electron chi connectivity index (χ2n) is 4.81. The molecule has 1 aromatic heterocycles. The number of aliphatic hydroxyl groups excluding tert-OH is 1. The lowest BCUT2D eigenvalue weighted by Gasteiger charge is -2.30. The van der Waals surface area contributed by atoms with Crippen LogP contribution in [-0.2, 0) is 0 Å². The van der Waals surface area contributed by atoms with Crippen molar-refractivity contribution in [2.45, 2.75) is 25.7 Å². The molecular weight excluding hydrogens is 298 g/mol. The highest BCUT2D eigenvalue weighted by Gasteiger charge is 2.25. The van der Waals surface area contributed by atoms with Crippen LogP contribution in [0.5, 0.6) is 0 Å². The van der Waals surface area contributed by atoms with Crippen LogP contribution in [0.1, 0.15) is 36.0 Å². The van der Waals surface area contributed by atoms with E-state index in [1.807, 2.05) is 0 Å². The monoisotopic (exact) mass is 315 g/mol. The van der Waals surface area contributed by atoms with Gasteiger partial charge in [-0.2, -0.15) is 0 Å². The summed E-state index contributed by atoms with van der Waals surface area (Å²) in [5, 5.41) is 12.2. The number of aliphatic hydroxyl groups is 1. The maximum atomic E-state index is 11.9. The third-order valence-corrected chi connectivity index (χ3v) is 4.30. The molecule has 2 unspecified atom stereocenters. The summed E-state index contributed by atoms with van der Waals surface area (Å²) in [5.74, 6) is 0.586. The molecule has 1 saturated carbocycles. The van der Waals surface area contributed by atoms with E-state index in [1.165, 1.54) is 19.1 Å². The molecule has 1 aliphatic carbocycles. The molecule has 2 atom stereocenters. The first-order valence-electron chi connectivity index (χ1n) is 6.34. The van der Waals surface area contributed by atoms with Crippen molar-refractivity contribution in [1.29, 1.82) is 0 Å². The van der Waals surface area contributed by atoms with Crippen molar-refractivity contribution in [2.75, 3.05) is 13.2 Å². The molecule has 5 heteroatoms. The first-order chi connectivity index (χ1) is 8.72. The van der Waals surface area contributed by atoms with E-state index in [9.17, 15) is 9.90 Å². The van der Waals surface area contributed by atoms with Gasteiger partial charge in [-0.25, -0.2) is 0 Å². The zero-order valence-corrected chi connectivity index (χ0v) is 11.8. The van der Waals surface area contributed by atoms with Crippen molar-refractivity contribution in [2.24, 2.45) is 11.8 Å². The van der Waals surface area contributed by atoms with Crippen LogP contribution < -0.4 is 5.32 Å². The number of rotatable bonds is 4. The minimum Gasteiger partial charge on any atom is -0.457 e. The number of amides is 1. The minimum absolute atomic E-state index is 0.127. The molecule has 0 bridgehead atoms. The summed E-state index contributed by atoms with van der Waals surface area (Å²) in [7, 11) is 0. The predicted octanol–water partition coefficient (Wildman–Crippen LogP) is 2.57. The van der Waals surface area contributed by atoms with Gasteiger partial charge in [-0.3, -0.25) is 4.79 Å². The summed E-state index contributed by atoms with van der Waals surface area (Å²) < 4.78 is 5.50. The fourth-order valence-corrected chi connectivity index (χ4v) is 2.99. The van der Waals surface area contributed by atoms with Crippen LogP contribution in [-0.4, -0.2) is 24.2 Å². The molecule has 0 aromatic carbocycles. The van der Waals surface area contributed by atoms with Crippen molar-refractivity contribution in [3.8, 4) is 0 Å². The van der Waals surface area contributed by atoms with Gasteiger partial charge >= 0.3 is 0 Å². The zero-order chi connectivity index (χ0) is 13.0. The van der Waals surface area contributed by atoms with Gasteiger partial charge in [0.25, 0.3) is 5.91 Å². The molecule has 2 rings (SSSR count). The fourth-order valence-electron chi connectivity index (χ4n) is 2.57. The molecule has 0 saturated heterocycles. The van der Waals surface area contributed by atoms with Crippen LogP contribution in [0.15, 0.2) is 21.4 Å². The summed E-state index contributed by atoms with van der Waals surface area (Å²) in [6, 6.07) is 1.64. The highest BCUT2D eigenvalue weighted by Crippen LogP contribution is 2.29. The number of hydrogen-bond acceptors (Lipinski definition) is 3. The van der Waals surface area contributed by atoms with Crippen molar-refractivity contribution < 1.29 is 14.3 Å². The lowest BCUT2D eigenvalue weighted by atomic mass is 9.79. The molecule has 0 radical (unpaired) electrons. The number of carbonyl (C=O) groups is 1. The van der Waals surface area contributed by atoms with E-state index in [0.717, 1.165) is 12.8 Å². The van der Waals surface area contributed by atoms with Crippen LogP contribution >= 0.6 is 15.9 Å². The summed E-state index contributed by atoms with van der Waals surface area (Å²) in [6.07, 6.45) is 6.00. The molecule has 1 fully saturated rings. The van der Waals surface area contributed by atoms with Crippen LogP contribution in [0.4, 0.5) is 0 Å². The predicted molar refractivity (Wildman–Crippen MR) is 71.3 cm³/mol. The highest BCUT2D eigenvalue weighted by atomic mass is 79.9. The van der Waals surface area contributed by atoms with Gasteiger partial charge in [-0.15, -0.1) is 0 Å². The number of halogens is 1. The Balaban J connectivity index is 1.87. The van der Waals surface area contributed by atoms with Gasteiger partial charge in [-0.05, 0) is 46.7 Å². The van der Waals surface area contributed by atoms with Crippen molar-refractivity contribution >= 4 is 21.8 Å². The molecule has 0 aliphatic heterocycles. The van der Waals surface area contributed by atoms with Crippen molar-refractivity contribution in [3.05, 3.63) is 22.6 Å². The van der Waals surface area contributed by atoms with Crippen LogP contribution in [0.25, 0.3) is 0 Å². The van der Waals surface area contributed by atoms with E-state index < -0.39 is 0 Å². The Bertz CT molecular complexity index is 405. The Hall–Kier alpha value is -0.810. The van der Waals surface area contributed by atoms with Gasteiger partial charge < -0.3 is 14.8 Å². The first-order valence-corrected chi connectivity index (χ1v) is 7.13. The number of hydrogen-bond donors (Lipinski definition) is 2. The lowest BCUT2D eigenvalue weighted by Crippen LogP contribution is -2.35. The number of carbonyl (C=O) groups excluding carboxylic acids is 1. The smallest absolute Gasteiger partial charge is 0.255 e. The molecular formula is C13H18BrNO3. The minimum atomic E-state index is -0.127. The summed E-state index contributed by atoms with van der Waals surface area (Å²) >= 11 is 3.19. The molecule has 0 spiro atoms. The molecule has 2 N–H and O–H groups in total. The van der Waals surface area contributed by atoms with Crippen LogP contribution in [0, 0.1) is 11.8 Å². The SMILES string of the molecule is O=C(NCC1CCCCC1CO)c1ccoc1Br. The van der Waals surface area contributed by atoms with E-state index in [-0.39, 0.29) is 12.5 Å². The van der Waals surface area contributed by atoms with Gasteiger partial charge in [0.1, 0.15) is 0 Å². The average Bonchev–Trinajstić information content (AvgIpc) is 2.82. The van der Waals surface area contributed by atoms with E-state index in [2.05, 4.69) is 21.2 Å². The summed E-state index contributed by atoms with van der Waals surface area (Å²) in [6.45, 7) is 0.845. The third kappa shape index (κ3) is 3.14. The molecule has 4 nitrogen and oxygen atoms in total. The zero-order valence-electron chi connectivity index (χ0n) is 10.2. The highest BCUT2D eigenvalue weighted by molar-refractivity contribution is 9.10. The number of furan rings is 1. The Morgan fingerprint density at radius 2 is 2.17 bits per heavy atom. The van der Waals surface area contributed by atoms with Crippen molar-refractivity contribution in [3.63, 3.8) is 0 Å². The quantitative estimate of drug-likeness (QED) is 0.897. The Labute approximate surface area is 115 Å². The lowest BCUT2D eigenvalue weighted by molar-refractivity contribution is 0.0907. The first kappa shape index (κ1) is 13.6. The Morgan fingerprint density at radius 3 is 2.78 bits per heavy atom. The average molecular weight is 316 g/mol. The van der Waals surface area contributed by atoms with Gasteiger partial charge in [0.15, 0.2) is 4.67 Å². The second kappa shape index (κ2) is 6.38. The van der Waals surface area contributed by atoms with Gasteiger partial charge in [0.05, 0.1) is 11.8 Å². The molecule has 1 amide bonds. The normalized spacial score (nSPS) is 23.9. The van der Waals surface area contributed by atoms with Crippen LogP contribution in [0.3, 0.4) is 0 Å². The number of nitrogens with one attached hydrogen (secondary N) is 1. The second-order valence-corrected chi connectivity index (χ2v) is 5.53. The largest absolute Gasteiger partial charge is 0.457 e. The third-order valence-electron chi connectivity index (χ3n) is 3.69. The van der Waals surface area contributed by atoms with E-state index in [1.54, 1.807) is 6.07 Å². The molecule has 1 aliphatic rings. The van der Waals surface area contributed by atoms with Gasteiger partial charge in [0, 0.05) is 13.2 Å². The standard InChI is InChI=1S/C13H18BrNO3/c14-12-11(5-6-18-12)13(17)15-7-9-3-1-2-4-10(9)8-16/h5-6,9-10,16H,1-4,7-8H2,(H,15,17). The Kier molecular flexibility index (Phi) is 4.83. The fraction of sp³-hybridized carbons (Fsp3) is 0.615. The summed E-state index contributed by atoms with van der Waals surface area (Å²) in [5.41, 5.74) is 0.520. The van der Waals surface area contributed by atoms with E-state index in [4.69, 9.17) is 4.42 Å². The van der Waals surface area contributed by atoms with Crippen molar-refractivity contribution in [1.82, 2.24) is 5.32 Å². The topological polar surface area (TPSA) is 62.5 Å². The van der Waals surface area contributed by atoms with Gasteiger partial charge in [0.2, 0.25) is 0 Å². The maximum Gasteiger partial charge on any atom is 0.255 e. The molecule has 1 heterocycles. The van der Waals surface area contributed by atoms with Crippen LogP contribution in [0.2, 0.25) is 0 Å². The van der Waals surface area contributed by atoms with E-state index in [0.29, 0.717) is 28.6 Å². The van der Waals surface area contributed by atoms with E-state index >= 15 is 0 Å². The van der Waals surface area contributed by atoms with Gasteiger partial charge in [-0.1, -0.05) is 12.8 Å². The Morgan fingerprint density at radius 1 is 1.44 bits per heavy atom. The summed E-state index contributed by atoms with van der Waals surface area (Å²) in [4.78, 5) is 11.9. The molecule has 18 heavy (non-hydrogen) atoms. The molecule has 1 aromatic rings. The molecule has 100 valence electrons. The maximum absolute atomic E-state index is 11.9.